The van der Waals surface area contributed by atoms with Gasteiger partial charge in [0.25, 0.3) is 5.91 Å². The normalized spacial score (nSPS) is 18.3. The summed E-state index contributed by atoms with van der Waals surface area (Å²) >= 11 is 0. The van der Waals surface area contributed by atoms with Gasteiger partial charge in [0, 0.05) is 38.6 Å². The predicted octanol–water partition coefficient (Wildman–Crippen LogP) is 3.71. The Balaban J connectivity index is 1.25. The van der Waals surface area contributed by atoms with E-state index >= 15 is 0 Å². The number of methoxy groups -OCH3 is 1. The number of ether oxygens (including phenoxy) is 1. The molecule has 0 aliphatic carbocycles. The fourth-order valence-electron chi connectivity index (χ4n) is 5.20. The molecule has 1 aromatic heterocycles. The summed E-state index contributed by atoms with van der Waals surface area (Å²) in [5.74, 6) is 0.716. The SMILES string of the molecule is COc1cccc2ccc(CN3CCC4(CC3)C(=O)N(CCc3ccccc3)C(=O)N4C)nc12. The van der Waals surface area contributed by atoms with Crippen molar-refractivity contribution >= 4 is 22.8 Å². The predicted molar refractivity (Wildman–Crippen MR) is 131 cm³/mol. The molecule has 0 unspecified atom stereocenters. The molecule has 7 nitrogen and oxygen atoms in total. The average molecular weight is 459 g/mol. The molecule has 0 radical (unpaired) electrons. The molecule has 2 saturated heterocycles. The number of likely N-dealkylation sites (tertiary alicyclic amines) is 1. The van der Waals surface area contributed by atoms with Crippen molar-refractivity contribution in [2.75, 3.05) is 33.8 Å². The van der Waals surface area contributed by atoms with Crippen molar-refractivity contribution in [1.29, 1.82) is 0 Å². The molecular weight excluding hydrogens is 428 g/mol. The number of pyridine rings is 1. The van der Waals surface area contributed by atoms with E-state index in [2.05, 4.69) is 11.0 Å². The van der Waals surface area contributed by atoms with Crippen LogP contribution in [0.1, 0.15) is 24.1 Å². The minimum atomic E-state index is -0.732. The van der Waals surface area contributed by atoms with E-state index in [9.17, 15) is 9.59 Å². The summed E-state index contributed by atoms with van der Waals surface area (Å²) < 4.78 is 5.47. The molecule has 34 heavy (non-hydrogen) atoms. The Kier molecular flexibility index (Phi) is 5.96. The first-order chi connectivity index (χ1) is 16.5. The Morgan fingerprint density at radius 2 is 1.74 bits per heavy atom. The van der Waals surface area contributed by atoms with Gasteiger partial charge in [0.05, 0.1) is 12.8 Å². The summed E-state index contributed by atoms with van der Waals surface area (Å²) in [6, 6.07) is 19.8. The largest absolute Gasteiger partial charge is 0.494 e. The molecule has 0 atom stereocenters. The molecule has 5 rings (SSSR count). The number of likely N-dealkylation sites (N-methyl/N-ethyl adjacent to an activating group) is 1. The maximum atomic E-state index is 13.4. The van der Waals surface area contributed by atoms with Crippen molar-refractivity contribution in [2.24, 2.45) is 0 Å². The van der Waals surface area contributed by atoms with Crippen LogP contribution in [0.2, 0.25) is 0 Å². The van der Waals surface area contributed by atoms with Crippen LogP contribution in [-0.2, 0) is 17.8 Å². The van der Waals surface area contributed by atoms with E-state index in [0.717, 1.165) is 41.0 Å². The standard InChI is InChI=1S/C27H30N4O3/c1-29-26(33)31(16-13-20-7-4-3-5-8-20)25(32)27(29)14-17-30(18-15-27)19-22-12-11-21-9-6-10-23(34-2)24(21)28-22/h3-12H,13-19H2,1-2H3. The number of rotatable bonds is 6. The molecule has 3 heterocycles. The molecule has 0 bridgehead atoms. The van der Waals surface area contributed by atoms with Gasteiger partial charge in [-0.25, -0.2) is 9.78 Å². The third kappa shape index (κ3) is 3.90. The lowest BCUT2D eigenvalue weighted by Crippen LogP contribution is -2.55. The van der Waals surface area contributed by atoms with Gasteiger partial charge in [-0.05, 0) is 37.0 Å². The number of piperidine rings is 1. The second-order valence-electron chi connectivity index (χ2n) is 9.18. The van der Waals surface area contributed by atoms with Crippen LogP contribution >= 0.6 is 0 Å². The molecule has 1 spiro atoms. The first kappa shape index (κ1) is 22.3. The zero-order valence-electron chi connectivity index (χ0n) is 19.7. The van der Waals surface area contributed by atoms with Crippen molar-refractivity contribution in [2.45, 2.75) is 31.3 Å². The van der Waals surface area contributed by atoms with Gasteiger partial charge in [0.1, 0.15) is 16.8 Å². The van der Waals surface area contributed by atoms with E-state index in [1.54, 1.807) is 19.1 Å². The third-order valence-electron chi connectivity index (χ3n) is 7.30. The number of hydrogen-bond acceptors (Lipinski definition) is 5. The zero-order chi connectivity index (χ0) is 23.7. The summed E-state index contributed by atoms with van der Waals surface area (Å²) in [6.45, 7) is 2.59. The molecule has 2 aliphatic heterocycles. The monoisotopic (exact) mass is 458 g/mol. The summed E-state index contributed by atoms with van der Waals surface area (Å²) in [6.07, 6.45) is 1.94. The van der Waals surface area contributed by atoms with E-state index in [1.165, 1.54) is 4.90 Å². The van der Waals surface area contributed by atoms with Crippen molar-refractivity contribution in [3.05, 3.63) is 71.9 Å². The number of benzene rings is 2. The van der Waals surface area contributed by atoms with Gasteiger partial charge in [-0.15, -0.1) is 0 Å². The lowest BCUT2D eigenvalue weighted by Gasteiger charge is -2.40. The van der Waals surface area contributed by atoms with Gasteiger partial charge in [-0.2, -0.15) is 0 Å². The van der Waals surface area contributed by atoms with Crippen LogP contribution in [0.4, 0.5) is 4.79 Å². The average Bonchev–Trinajstić information content (AvgIpc) is 3.04. The number of carbonyl (C=O) groups is 2. The fourth-order valence-corrected chi connectivity index (χ4v) is 5.20. The molecule has 0 saturated carbocycles. The summed E-state index contributed by atoms with van der Waals surface area (Å²) in [5, 5.41) is 1.05. The minimum absolute atomic E-state index is 0.0517. The first-order valence-corrected chi connectivity index (χ1v) is 11.8. The number of imide groups is 1. The van der Waals surface area contributed by atoms with Crippen molar-refractivity contribution in [1.82, 2.24) is 19.7 Å². The Bertz CT molecular complexity index is 1200. The molecule has 3 aromatic rings. The second kappa shape index (κ2) is 9.06. The topological polar surface area (TPSA) is 66.0 Å². The number of carbonyl (C=O) groups excluding carboxylic acids is 2. The van der Waals surface area contributed by atoms with Crippen LogP contribution < -0.4 is 4.74 Å². The Labute approximate surface area is 199 Å². The van der Waals surface area contributed by atoms with Crippen LogP contribution in [-0.4, -0.2) is 71.0 Å². The quantitative estimate of drug-likeness (QED) is 0.527. The maximum absolute atomic E-state index is 13.4. The maximum Gasteiger partial charge on any atom is 0.327 e. The van der Waals surface area contributed by atoms with Crippen LogP contribution in [0.3, 0.4) is 0 Å². The highest BCUT2D eigenvalue weighted by Gasteiger charge is 2.56. The highest BCUT2D eigenvalue weighted by Crippen LogP contribution is 2.36. The minimum Gasteiger partial charge on any atom is -0.494 e. The number of nitrogens with zero attached hydrogens (tertiary/aromatic N) is 4. The van der Waals surface area contributed by atoms with Gasteiger partial charge >= 0.3 is 6.03 Å². The lowest BCUT2D eigenvalue weighted by molar-refractivity contribution is -0.135. The van der Waals surface area contributed by atoms with Crippen molar-refractivity contribution in [3.63, 3.8) is 0 Å². The molecule has 7 heteroatoms. The highest BCUT2D eigenvalue weighted by atomic mass is 16.5. The summed E-state index contributed by atoms with van der Waals surface area (Å²) in [5.41, 5.74) is 2.23. The van der Waals surface area contributed by atoms with E-state index in [1.807, 2.05) is 54.6 Å². The van der Waals surface area contributed by atoms with Crippen LogP contribution in [0, 0.1) is 0 Å². The van der Waals surface area contributed by atoms with Gasteiger partial charge in [0.2, 0.25) is 0 Å². The molecule has 2 aliphatic rings. The number of urea groups is 1. The number of aromatic nitrogens is 1. The van der Waals surface area contributed by atoms with Crippen molar-refractivity contribution < 1.29 is 14.3 Å². The van der Waals surface area contributed by atoms with Gasteiger partial charge in [-0.1, -0.05) is 48.5 Å². The molecule has 3 amide bonds. The number of amides is 3. The fraction of sp³-hybridized carbons (Fsp3) is 0.370. The van der Waals surface area contributed by atoms with Gasteiger partial charge < -0.3 is 9.64 Å². The summed E-state index contributed by atoms with van der Waals surface area (Å²) in [4.78, 5) is 36.7. The van der Waals surface area contributed by atoms with Crippen LogP contribution in [0.15, 0.2) is 60.7 Å². The number of hydrogen-bond donors (Lipinski definition) is 0. The van der Waals surface area contributed by atoms with E-state index in [-0.39, 0.29) is 11.9 Å². The first-order valence-electron chi connectivity index (χ1n) is 11.8. The molecule has 2 fully saturated rings. The zero-order valence-corrected chi connectivity index (χ0v) is 19.7. The molecule has 0 N–H and O–H groups in total. The van der Waals surface area contributed by atoms with Crippen LogP contribution in [0.5, 0.6) is 5.75 Å². The lowest BCUT2D eigenvalue weighted by atomic mass is 9.86. The second-order valence-corrected chi connectivity index (χ2v) is 9.18. The van der Waals surface area contributed by atoms with Crippen molar-refractivity contribution in [3.8, 4) is 5.75 Å². The number of fused-ring (bicyclic) bond motifs is 1. The van der Waals surface area contributed by atoms with E-state index in [4.69, 9.17) is 9.72 Å². The molecule has 176 valence electrons. The van der Waals surface area contributed by atoms with E-state index in [0.29, 0.717) is 32.4 Å². The van der Waals surface area contributed by atoms with Gasteiger partial charge in [0.15, 0.2) is 0 Å². The number of para-hydroxylation sites is 1. The van der Waals surface area contributed by atoms with Crippen LogP contribution in [0.25, 0.3) is 10.9 Å². The molecule has 2 aromatic carbocycles. The smallest absolute Gasteiger partial charge is 0.327 e. The Morgan fingerprint density at radius 3 is 2.47 bits per heavy atom. The van der Waals surface area contributed by atoms with Gasteiger partial charge in [-0.3, -0.25) is 14.6 Å². The Morgan fingerprint density at radius 1 is 0.971 bits per heavy atom. The third-order valence-corrected chi connectivity index (χ3v) is 7.30. The Hall–Kier alpha value is -3.45. The summed E-state index contributed by atoms with van der Waals surface area (Å²) in [7, 11) is 3.43. The van der Waals surface area contributed by atoms with E-state index < -0.39 is 5.54 Å². The highest BCUT2D eigenvalue weighted by molar-refractivity contribution is 6.07. The molecular formula is C27H30N4O3.